The second-order valence-corrected chi connectivity index (χ2v) is 9.37. The van der Waals surface area contributed by atoms with Crippen LogP contribution in [0.4, 0.5) is 0 Å². The van der Waals surface area contributed by atoms with Crippen molar-refractivity contribution >= 4 is 23.3 Å². The Bertz CT molecular complexity index is 1140. The van der Waals surface area contributed by atoms with Crippen LogP contribution in [0.2, 0.25) is 0 Å². The van der Waals surface area contributed by atoms with Crippen molar-refractivity contribution in [2.24, 2.45) is 23.5 Å². The molecule has 0 radical (unpaired) electrons. The SMILES string of the molecule is CC(=O)c1ccc(O)c2c1C[C@H]1C[C@H]3[C@H](N(C)C)C(=O)C(C(N)=O)=C(O)[C@@]3(O)C(O)C1C2=O. The van der Waals surface area contributed by atoms with E-state index in [0.717, 1.165) is 0 Å². The van der Waals surface area contributed by atoms with Crippen LogP contribution < -0.4 is 5.73 Å². The summed E-state index contributed by atoms with van der Waals surface area (Å²) in [5, 5.41) is 44.0. The van der Waals surface area contributed by atoms with Crippen LogP contribution in [0, 0.1) is 17.8 Å². The molecule has 3 aliphatic rings. The van der Waals surface area contributed by atoms with Gasteiger partial charge in [-0.25, -0.2) is 0 Å². The zero-order valence-corrected chi connectivity index (χ0v) is 18.4. The number of rotatable bonds is 3. The molecule has 1 aromatic carbocycles. The van der Waals surface area contributed by atoms with Gasteiger partial charge in [0.15, 0.2) is 23.0 Å². The number of fused-ring (bicyclic) bond motifs is 3. The summed E-state index contributed by atoms with van der Waals surface area (Å²) in [4.78, 5) is 52.1. The van der Waals surface area contributed by atoms with Crippen molar-refractivity contribution in [1.82, 2.24) is 4.90 Å². The molecule has 33 heavy (non-hydrogen) atoms. The normalized spacial score (nSPS) is 33.5. The van der Waals surface area contributed by atoms with Crippen LogP contribution in [-0.4, -0.2) is 80.4 Å². The monoisotopic (exact) mass is 458 g/mol. The molecule has 2 unspecified atom stereocenters. The van der Waals surface area contributed by atoms with Gasteiger partial charge < -0.3 is 26.2 Å². The number of aliphatic hydroxyl groups excluding tert-OH is 2. The van der Waals surface area contributed by atoms with Crippen LogP contribution in [-0.2, 0) is 16.0 Å². The van der Waals surface area contributed by atoms with Gasteiger partial charge in [0, 0.05) is 11.5 Å². The Hall–Kier alpha value is -3.08. The molecule has 176 valence electrons. The molecule has 0 aromatic heterocycles. The Kier molecular flexibility index (Phi) is 5.23. The maximum atomic E-state index is 13.5. The van der Waals surface area contributed by atoms with Crippen molar-refractivity contribution in [3.05, 3.63) is 40.2 Å². The van der Waals surface area contributed by atoms with Crippen LogP contribution >= 0.6 is 0 Å². The summed E-state index contributed by atoms with van der Waals surface area (Å²) in [5.74, 6) is -7.33. The molecule has 0 spiro atoms. The number of carbonyl (C=O) groups excluding carboxylic acids is 4. The molecule has 10 heteroatoms. The molecular weight excluding hydrogens is 432 g/mol. The lowest BCUT2D eigenvalue weighted by Gasteiger charge is -2.55. The number of nitrogens with zero attached hydrogens (tertiary/aromatic N) is 1. The maximum absolute atomic E-state index is 13.5. The Morgan fingerprint density at radius 2 is 1.79 bits per heavy atom. The number of hydrogen-bond acceptors (Lipinski definition) is 9. The van der Waals surface area contributed by atoms with E-state index < -0.39 is 64.3 Å². The summed E-state index contributed by atoms with van der Waals surface area (Å²) in [6, 6.07) is 1.56. The second-order valence-electron chi connectivity index (χ2n) is 9.37. The van der Waals surface area contributed by atoms with E-state index in [2.05, 4.69) is 0 Å². The van der Waals surface area contributed by atoms with Crippen LogP contribution in [0.1, 0.15) is 39.6 Å². The third-order valence-electron chi connectivity index (χ3n) is 7.42. The van der Waals surface area contributed by atoms with E-state index in [1.807, 2.05) is 0 Å². The molecule has 1 saturated carbocycles. The summed E-state index contributed by atoms with van der Waals surface area (Å²) < 4.78 is 0. The minimum absolute atomic E-state index is 0.0289. The van der Waals surface area contributed by atoms with Crippen molar-refractivity contribution in [3.63, 3.8) is 0 Å². The van der Waals surface area contributed by atoms with E-state index >= 15 is 0 Å². The summed E-state index contributed by atoms with van der Waals surface area (Å²) in [6.07, 6.45) is -1.73. The van der Waals surface area contributed by atoms with Crippen LogP contribution in [0.5, 0.6) is 5.75 Å². The predicted molar refractivity (Wildman–Crippen MR) is 114 cm³/mol. The molecule has 1 amide bonds. The fourth-order valence-corrected chi connectivity index (χ4v) is 6.02. The number of amides is 1. The number of aliphatic hydroxyl groups is 3. The van der Waals surface area contributed by atoms with Crippen molar-refractivity contribution in [1.29, 1.82) is 0 Å². The molecular formula is C23H26N2O8. The maximum Gasteiger partial charge on any atom is 0.255 e. The van der Waals surface area contributed by atoms with Crippen molar-refractivity contribution in [3.8, 4) is 5.75 Å². The first-order valence-electron chi connectivity index (χ1n) is 10.6. The van der Waals surface area contributed by atoms with Crippen LogP contribution in [0.3, 0.4) is 0 Å². The number of Topliss-reactive ketones (excluding diaryl/α,β-unsaturated/α-hetero) is 3. The number of likely N-dealkylation sites (N-methyl/N-ethyl adjacent to an activating group) is 1. The first-order valence-corrected chi connectivity index (χ1v) is 10.6. The van der Waals surface area contributed by atoms with Gasteiger partial charge in [-0.1, -0.05) is 0 Å². The molecule has 1 fully saturated rings. The van der Waals surface area contributed by atoms with Crippen LogP contribution in [0.25, 0.3) is 0 Å². The minimum atomic E-state index is -2.49. The van der Waals surface area contributed by atoms with Gasteiger partial charge in [-0.3, -0.25) is 24.1 Å². The number of benzene rings is 1. The predicted octanol–water partition coefficient (Wildman–Crippen LogP) is -0.512. The summed E-state index contributed by atoms with van der Waals surface area (Å²) in [5.41, 5.74) is 2.52. The number of phenols is 1. The fourth-order valence-electron chi connectivity index (χ4n) is 6.02. The molecule has 10 nitrogen and oxygen atoms in total. The zero-order chi connectivity index (χ0) is 24.6. The highest BCUT2D eigenvalue weighted by molar-refractivity contribution is 6.22. The number of phenolic OH excluding ortho intramolecular Hbond substituents is 1. The summed E-state index contributed by atoms with van der Waals surface area (Å²) >= 11 is 0. The Morgan fingerprint density at radius 1 is 1.15 bits per heavy atom. The highest BCUT2D eigenvalue weighted by Gasteiger charge is 2.65. The number of carbonyl (C=O) groups is 4. The number of aromatic hydroxyl groups is 1. The van der Waals surface area contributed by atoms with Crippen molar-refractivity contribution in [2.45, 2.75) is 37.5 Å². The number of nitrogens with two attached hydrogens (primary N) is 1. The van der Waals surface area contributed by atoms with Gasteiger partial charge in [-0.05, 0) is 57.5 Å². The molecule has 0 saturated heterocycles. The standard InChI is InChI=1S/C23H26N2O8/c1-8(26)10-4-5-13(27)15-11(10)6-9-7-12-17(25(2)3)19(29)16(22(24)32)21(31)23(12,33)20(30)14(9)18(15)28/h4-5,9,12,14,17,20,27,30-31,33H,6-7H2,1-3H3,(H2,24,32)/t9-,12-,14?,17-,20?,23-/m0/s1. The third-order valence-corrected chi connectivity index (χ3v) is 7.42. The van der Waals surface area contributed by atoms with Crippen molar-refractivity contribution < 1.29 is 39.6 Å². The van der Waals surface area contributed by atoms with E-state index in [1.54, 1.807) is 14.1 Å². The molecule has 4 rings (SSSR count). The van der Waals surface area contributed by atoms with Gasteiger partial charge >= 0.3 is 0 Å². The molecule has 0 aliphatic heterocycles. The zero-order valence-electron chi connectivity index (χ0n) is 18.4. The van der Waals surface area contributed by atoms with Gasteiger partial charge in [-0.2, -0.15) is 0 Å². The largest absolute Gasteiger partial charge is 0.508 e. The highest BCUT2D eigenvalue weighted by Crippen LogP contribution is 2.53. The summed E-state index contributed by atoms with van der Waals surface area (Å²) in [6.45, 7) is 1.34. The highest BCUT2D eigenvalue weighted by atomic mass is 16.4. The smallest absolute Gasteiger partial charge is 0.255 e. The number of primary amides is 1. The quantitative estimate of drug-likeness (QED) is 0.295. The van der Waals surface area contributed by atoms with Crippen LogP contribution in [0.15, 0.2) is 23.5 Å². The first-order chi connectivity index (χ1) is 15.3. The van der Waals surface area contributed by atoms with E-state index in [4.69, 9.17) is 5.73 Å². The average molecular weight is 458 g/mol. The van der Waals surface area contributed by atoms with E-state index in [9.17, 15) is 39.6 Å². The molecule has 0 heterocycles. The lowest BCUT2D eigenvalue weighted by Crippen LogP contribution is -2.69. The van der Waals surface area contributed by atoms with E-state index in [-0.39, 0.29) is 35.5 Å². The third kappa shape index (κ3) is 2.98. The van der Waals surface area contributed by atoms with Gasteiger partial charge in [0.25, 0.3) is 5.91 Å². The van der Waals surface area contributed by atoms with Gasteiger partial charge in [-0.15, -0.1) is 0 Å². The molecule has 0 bridgehead atoms. The minimum Gasteiger partial charge on any atom is -0.508 e. The van der Waals surface area contributed by atoms with E-state index in [0.29, 0.717) is 5.56 Å². The Balaban J connectivity index is 1.92. The Labute approximate surface area is 189 Å². The second kappa shape index (κ2) is 7.47. The topological polar surface area (TPSA) is 178 Å². The lowest BCUT2D eigenvalue weighted by molar-refractivity contribution is -0.183. The molecule has 3 aliphatic carbocycles. The average Bonchev–Trinajstić information content (AvgIpc) is 2.70. The summed E-state index contributed by atoms with van der Waals surface area (Å²) in [7, 11) is 3.10. The number of ketones is 3. The first kappa shape index (κ1) is 23.1. The van der Waals surface area contributed by atoms with Gasteiger partial charge in [0.1, 0.15) is 23.2 Å². The Morgan fingerprint density at radius 3 is 2.33 bits per heavy atom. The van der Waals surface area contributed by atoms with Gasteiger partial charge in [0.05, 0.1) is 17.5 Å². The van der Waals surface area contributed by atoms with E-state index in [1.165, 1.54) is 24.0 Å². The lowest BCUT2D eigenvalue weighted by atomic mass is 9.53. The molecule has 6 atom stereocenters. The molecule has 6 N–H and O–H groups in total. The van der Waals surface area contributed by atoms with Crippen molar-refractivity contribution in [2.75, 3.05) is 14.1 Å². The fraction of sp³-hybridized carbons (Fsp3) is 0.478. The number of hydrogen-bond donors (Lipinski definition) is 5. The van der Waals surface area contributed by atoms with Gasteiger partial charge in [0.2, 0.25) is 0 Å². The molecule has 1 aromatic rings.